The van der Waals surface area contributed by atoms with Crippen LogP contribution in [0.25, 0.3) is 0 Å². The molecule has 0 N–H and O–H groups in total. The van der Waals surface area contributed by atoms with Gasteiger partial charge in [0.2, 0.25) is 0 Å². The second kappa shape index (κ2) is 3.40. The molecule has 0 unspecified atom stereocenters. The van der Waals surface area contributed by atoms with Gasteiger partial charge in [-0.1, -0.05) is 0 Å². The van der Waals surface area contributed by atoms with Gasteiger partial charge in [-0.15, -0.1) is 0 Å². The van der Waals surface area contributed by atoms with Crippen LogP contribution in [0.1, 0.15) is 5.56 Å². The van der Waals surface area contributed by atoms with Crippen LogP contribution in [0.5, 0.6) is 5.75 Å². The molecule has 3 nitrogen and oxygen atoms in total. The van der Waals surface area contributed by atoms with Crippen molar-refractivity contribution in [3.63, 3.8) is 0 Å². The summed E-state index contributed by atoms with van der Waals surface area (Å²) in [4.78, 5) is 0.100. The van der Waals surface area contributed by atoms with E-state index in [0.717, 1.165) is 17.7 Å². The number of hydrogen-bond donors (Lipinski definition) is 0. The third-order valence-electron chi connectivity index (χ3n) is 2.01. The van der Waals surface area contributed by atoms with Crippen LogP contribution in [0.2, 0.25) is 0 Å². The summed E-state index contributed by atoms with van der Waals surface area (Å²) in [5, 5.41) is 0. The summed E-state index contributed by atoms with van der Waals surface area (Å²) in [6.45, 7) is 0.591. The van der Waals surface area contributed by atoms with Gasteiger partial charge in [-0.05, 0) is 33.6 Å². The zero-order valence-electron chi connectivity index (χ0n) is 6.96. The van der Waals surface area contributed by atoms with E-state index in [2.05, 4.69) is 15.9 Å². The summed E-state index contributed by atoms with van der Waals surface area (Å²) in [7, 11) is 1.58. The molecule has 1 aliphatic heterocycles. The van der Waals surface area contributed by atoms with Crippen molar-refractivity contribution in [2.24, 2.45) is 0 Å². The Morgan fingerprint density at radius 3 is 2.79 bits per heavy atom. The molecule has 0 radical (unpaired) electrons. The number of fused-ring (bicyclic) bond motifs is 1. The van der Waals surface area contributed by atoms with Gasteiger partial charge in [0.1, 0.15) is 5.75 Å². The molecule has 6 heteroatoms. The molecule has 0 aromatic heterocycles. The second-order valence-electron chi connectivity index (χ2n) is 2.93. The molecule has 0 aliphatic carbocycles. The number of rotatable bonds is 1. The van der Waals surface area contributed by atoms with E-state index in [4.69, 9.17) is 15.4 Å². The monoisotopic (exact) mass is 296 g/mol. The molecule has 1 aromatic rings. The van der Waals surface area contributed by atoms with Crippen LogP contribution in [0.3, 0.4) is 0 Å². The third-order valence-corrected chi connectivity index (χ3v) is 4.29. The number of halogens is 2. The van der Waals surface area contributed by atoms with Crippen molar-refractivity contribution in [3.05, 3.63) is 22.2 Å². The van der Waals surface area contributed by atoms with E-state index >= 15 is 0 Å². The minimum absolute atomic E-state index is 0.100. The van der Waals surface area contributed by atoms with E-state index < -0.39 is 9.05 Å². The van der Waals surface area contributed by atoms with E-state index in [1.807, 2.05) is 0 Å². The van der Waals surface area contributed by atoms with Gasteiger partial charge in [-0.2, -0.15) is 0 Å². The average Bonchev–Trinajstić information content (AvgIpc) is 2.47. The Morgan fingerprint density at radius 1 is 1.43 bits per heavy atom. The van der Waals surface area contributed by atoms with Gasteiger partial charge >= 0.3 is 0 Å². The van der Waals surface area contributed by atoms with Gasteiger partial charge in [0.05, 0.1) is 11.5 Å². The van der Waals surface area contributed by atoms with Crippen LogP contribution in [0.4, 0.5) is 0 Å². The maximum Gasteiger partial charge on any atom is 0.262 e. The molecule has 0 bridgehead atoms. The zero-order valence-corrected chi connectivity index (χ0v) is 10.1. The molecule has 1 aromatic carbocycles. The first-order valence-corrected chi connectivity index (χ1v) is 6.98. The van der Waals surface area contributed by atoms with Crippen molar-refractivity contribution >= 4 is 35.7 Å². The SMILES string of the molecule is O=S(=O)(Cl)c1cc2c(cc1Br)OCC2. The highest BCUT2D eigenvalue weighted by Crippen LogP contribution is 2.34. The lowest BCUT2D eigenvalue weighted by Gasteiger charge is -2.03. The van der Waals surface area contributed by atoms with E-state index in [-0.39, 0.29) is 4.90 Å². The van der Waals surface area contributed by atoms with Crippen LogP contribution in [-0.2, 0) is 15.5 Å². The van der Waals surface area contributed by atoms with E-state index in [1.165, 1.54) is 0 Å². The number of ether oxygens (including phenoxy) is 1. The van der Waals surface area contributed by atoms with Crippen molar-refractivity contribution in [2.45, 2.75) is 11.3 Å². The largest absolute Gasteiger partial charge is 0.493 e. The van der Waals surface area contributed by atoms with Crippen LogP contribution in [0, 0.1) is 0 Å². The maximum atomic E-state index is 11.1. The third kappa shape index (κ3) is 1.76. The Balaban J connectivity index is 2.65. The first-order valence-electron chi connectivity index (χ1n) is 3.88. The molecule has 14 heavy (non-hydrogen) atoms. The Labute approximate surface area is 94.6 Å². The molecule has 1 aliphatic rings. The predicted octanol–water partition coefficient (Wildman–Crippen LogP) is 2.31. The fourth-order valence-corrected chi connectivity index (χ4v) is 3.56. The summed E-state index contributed by atoms with van der Waals surface area (Å²) in [6, 6.07) is 3.19. The Hall–Kier alpha value is -0.260. The van der Waals surface area contributed by atoms with Crippen molar-refractivity contribution < 1.29 is 13.2 Å². The molecular formula is C8H6BrClO3S. The summed E-state index contributed by atoms with van der Waals surface area (Å²) in [5.74, 6) is 0.723. The molecule has 0 saturated carbocycles. The first kappa shape index (κ1) is 10.3. The van der Waals surface area contributed by atoms with Crippen LogP contribution in [-0.4, -0.2) is 15.0 Å². The van der Waals surface area contributed by atoms with Crippen molar-refractivity contribution in [3.8, 4) is 5.75 Å². The number of hydrogen-bond acceptors (Lipinski definition) is 3. The lowest BCUT2D eigenvalue weighted by Crippen LogP contribution is -1.93. The Morgan fingerprint density at radius 2 is 2.14 bits per heavy atom. The zero-order chi connectivity index (χ0) is 10.3. The van der Waals surface area contributed by atoms with Gasteiger partial charge < -0.3 is 4.74 Å². The molecule has 0 spiro atoms. The maximum absolute atomic E-state index is 11.1. The molecule has 0 atom stereocenters. The first-order chi connectivity index (χ1) is 6.48. The molecule has 76 valence electrons. The highest BCUT2D eigenvalue weighted by molar-refractivity contribution is 9.10. The number of benzene rings is 1. The van der Waals surface area contributed by atoms with Crippen LogP contribution >= 0.6 is 26.6 Å². The highest BCUT2D eigenvalue weighted by Gasteiger charge is 2.20. The quantitative estimate of drug-likeness (QED) is 0.747. The van der Waals surface area contributed by atoms with Crippen molar-refractivity contribution in [1.82, 2.24) is 0 Å². The molecule has 0 amide bonds. The normalized spacial score (nSPS) is 15.0. The summed E-state index contributed by atoms with van der Waals surface area (Å²) in [6.07, 6.45) is 0.724. The van der Waals surface area contributed by atoms with E-state index in [1.54, 1.807) is 12.1 Å². The summed E-state index contributed by atoms with van der Waals surface area (Å²) >= 11 is 3.14. The lowest BCUT2D eigenvalue weighted by atomic mass is 10.2. The lowest BCUT2D eigenvalue weighted by molar-refractivity contribution is 0.356. The van der Waals surface area contributed by atoms with Gasteiger partial charge in [-0.3, -0.25) is 0 Å². The van der Waals surface area contributed by atoms with Gasteiger partial charge in [0.25, 0.3) is 9.05 Å². The van der Waals surface area contributed by atoms with Crippen LogP contribution in [0.15, 0.2) is 21.5 Å². The van der Waals surface area contributed by atoms with Gasteiger partial charge in [0.15, 0.2) is 0 Å². The van der Waals surface area contributed by atoms with E-state index in [0.29, 0.717) is 11.1 Å². The standard InChI is InChI=1S/C8H6BrClO3S/c9-6-4-7-5(1-2-13-7)3-8(6)14(10,11)12/h3-4H,1-2H2. The molecule has 1 heterocycles. The smallest absolute Gasteiger partial charge is 0.262 e. The summed E-state index contributed by atoms with van der Waals surface area (Å²) in [5.41, 5.74) is 0.882. The van der Waals surface area contributed by atoms with E-state index in [9.17, 15) is 8.42 Å². The van der Waals surface area contributed by atoms with Gasteiger partial charge in [-0.25, -0.2) is 8.42 Å². The molecule has 0 fully saturated rings. The van der Waals surface area contributed by atoms with Crippen molar-refractivity contribution in [1.29, 1.82) is 0 Å². The molecular weight excluding hydrogens is 292 g/mol. The fraction of sp³-hybridized carbons (Fsp3) is 0.250. The minimum Gasteiger partial charge on any atom is -0.493 e. The molecule has 2 rings (SSSR count). The topological polar surface area (TPSA) is 43.4 Å². The van der Waals surface area contributed by atoms with Crippen molar-refractivity contribution in [2.75, 3.05) is 6.61 Å². The Kier molecular flexibility index (Phi) is 2.49. The minimum atomic E-state index is -3.69. The molecule has 0 saturated heterocycles. The Bertz CT molecular complexity index is 484. The highest BCUT2D eigenvalue weighted by atomic mass is 79.9. The van der Waals surface area contributed by atoms with Gasteiger partial charge in [0, 0.05) is 21.6 Å². The fourth-order valence-electron chi connectivity index (χ4n) is 1.36. The average molecular weight is 298 g/mol. The van der Waals surface area contributed by atoms with Crippen LogP contribution < -0.4 is 4.74 Å². The predicted molar refractivity (Wildman–Crippen MR) is 56.4 cm³/mol. The summed E-state index contributed by atoms with van der Waals surface area (Å²) < 4.78 is 28.0. The second-order valence-corrected chi connectivity index (χ2v) is 6.32.